The molecule has 3 aromatic heterocycles. The van der Waals surface area contributed by atoms with Crippen LogP contribution >= 0.6 is 23.2 Å². The molecule has 0 atom stereocenters. The average molecular weight is 1060 g/mol. The predicted octanol–water partition coefficient (Wildman–Crippen LogP) is 11.2. The Bertz CT molecular complexity index is 3540. The third-order valence-corrected chi connectivity index (χ3v) is 12.9. The van der Waals surface area contributed by atoms with E-state index in [4.69, 9.17) is 37.8 Å². The first-order valence-electron chi connectivity index (χ1n) is 24.3. The molecule has 8 aromatic rings. The molecular weight excluding hydrogens is 1010 g/mol. The van der Waals surface area contributed by atoms with Crippen LogP contribution < -0.4 is 36.9 Å². The molecule has 0 amide bonds. The Morgan fingerprint density at radius 3 is 1.78 bits per heavy atom. The third kappa shape index (κ3) is 14.1. The highest BCUT2D eigenvalue weighted by molar-refractivity contribution is 6.30. The van der Waals surface area contributed by atoms with E-state index in [1.165, 1.54) is 52.0 Å². The van der Waals surface area contributed by atoms with Crippen LogP contribution in [0, 0.1) is 5.92 Å². The van der Waals surface area contributed by atoms with Crippen molar-refractivity contribution in [3.05, 3.63) is 221 Å². The molecule has 0 radical (unpaired) electrons. The van der Waals surface area contributed by atoms with Crippen LogP contribution in [-0.2, 0) is 30.8 Å². The standard InChI is InChI=1S/C32H30ClN3O5.C25H21ClN4O5/c33-25-11-9-21(10-12-25)20-36-30(38)24(18-29(37)22-5-2-1-3-6-22)19-34-32(36)35-26-13-15-27(16-14-26)41-28-8-4-7-23(17-28)31(39)40;1-2-29-23(31)12-22(30(25(29)34)15-16-3-5-18(26)6-4-16)28-19-7-9-20(10-8-19)35-21-11-17(24(32)33)13-27-14-21/h4,7-17,19,22H,1-3,5-6,18,20H2,(H,34,35)(H,39,40);3-14,28H,2,15H2,1H3,(H,32,33). The first-order valence-corrected chi connectivity index (χ1v) is 25.0. The van der Waals surface area contributed by atoms with Crippen molar-refractivity contribution in [1.29, 1.82) is 0 Å². The average Bonchev–Trinajstić information content (AvgIpc) is 3.42. The van der Waals surface area contributed by atoms with Crippen LogP contribution in [0.1, 0.15) is 76.4 Å². The molecule has 0 bridgehead atoms. The molecule has 1 aliphatic carbocycles. The topological polar surface area (TPSA) is 226 Å². The maximum Gasteiger partial charge on any atom is 0.337 e. The second-order valence-corrected chi connectivity index (χ2v) is 18.6. The first-order chi connectivity index (χ1) is 36.7. The number of benzene rings is 5. The number of halogens is 2. The Morgan fingerprint density at radius 1 is 0.618 bits per heavy atom. The lowest BCUT2D eigenvalue weighted by Crippen LogP contribution is -2.40. The zero-order valence-electron chi connectivity index (χ0n) is 41.0. The van der Waals surface area contributed by atoms with Gasteiger partial charge in [0, 0.05) is 64.3 Å². The molecule has 388 valence electrons. The van der Waals surface area contributed by atoms with Crippen LogP contribution in [0.3, 0.4) is 0 Å². The Balaban J connectivity index is 0.000000204. The molecule has 5 aromatic carbocycles. The van der Waals surface area contributed by atoms with Gasteiger partial charge in [-0.2, -0.15) is 0 Å². The number of carboxylic acids is 2. The maximum atomic E-state index is 13.6. The van der Waals surface area contributed by atoms with Gasteiger partial charge in [-0.3, -0.25) is 33.1 Å². The van der Waals surface area contributed by atoms with Crippen molar-refractivity contribution in [3.8, 4) is 23.0 Å². The van der Waals surface area contributed by atoms with Crippen LogP contribution in [0.2, 0.25) is 10.0 Å². The van der Waals surface area contributed by atoms with Gasteiger partial charge in [0.05, 0.1) is 30.4 Å². The van der Waals surface area contributed by atoms with E-state index in [9.17, 15) is 33.9 Å². The number of anilines is 4. The largest absolute Gasteiger partial charge is 0.478 e. The molecule has 1 saturated carbocycles. The minimum Gasteiger partial charge on any atom is -0.478 e. The van der Waals surface area contributed by atoms with Gasteiger partial charge in [0.2, 0.25) is 5.95 Å². The van der Waals surface area contributed by atoms with Gasteiger partial charge in [-0.15, -0.1) is 0 Å². The number of rotatable bonds is 18. The molecule has 4 N–H and O–H groups in total. The number of carbonyl (C=O) groups excluding carboxylic acids is 1. The molecule has 1 aliphatic rings. The summed E-state index contributed by atoms with van der Waals surface area (Å²) in [6, 6.07) is 37.1. The van der Waals surface area contributed by atoms with Crippen LogP contribution in [0.25, 0.3) is 0 Å². The monoisotopic (exact) mass is 1060 g/mol. The summed E-state index contributed by atoms with van der Waals surface area (Å²) in [5.41, 5.74) is 2.43. The summed E-state index contributed by atoms with van der Waals surface area (Å²) in [5, 5.41) is 25.8. The molecule has 19 heteroatoms. The minimum atomic E-state index is -1.10. The Labute approximate surface area is 445 Å². The molecule has 0 unspecified atom stereocenters. The number of pyridine rings is 1. The van der Waals surface area contributed by atoms with E-state index in [2.05, 4.69) is 20.6 Å². The molecule has 0 spiro atoms. The lowest BCUT2D eigenvalue weighted by Gasteiger charge is -2.20. The van der Waals surface area contributed by atoms with Crippen molar-refractivity contribution in [3.63, 3.8) is 0 Å². The van der Waals surface area contributed by atoms with Gasteiger partial charge in [-0.05, 0) is 128 Å². The van der Waals surface area contributed by atoms with Gasteiger partial charge >= 0.3 is 17.6 Å². The molecule has 9 rings (SSSR count). The second kappa shape index (κ2) is 25.0. The minimum absolute atomic E-state index is 0.0120. The van der Waals surface area contributed by atoms with Crippen LogP contribution in [-0.4, -0.2) is 51.6 Å². The summed E-state index contributed by atoms with van der Waals surface area (Å²) in [4.78, 5) is 82.9. The molecule has 17 nitrogen and oxygen atoms in total. The number of nitrogens with zero attached hydrogens (tertiary/aromatic N) is 5. The lowest BCUT2D eigenvalue weighted by atomic mass is 9.84. The van der Waals surface area contributed by atoms with Gasteiger partial charge < -0.3 is 30.3 Å². The number of carboxylic acid groups (broad SMARTS) is 2. The fraction of sp³-hybridized carbons (Fsp3) is 0.193. The number of aromatic carboxylic acids is 2. The van der Waals surface area contributed by atoms with Crippen LogP contribution in [0.15, 0.2) is 166 Å². The fourth-order valence-corrected chi connectivity index (χ4v) is 8.66. The van der Waals surface area contributed by atoms with Gasteiger partial charge in [0.15, 0.2) is 0 Å². The molecule has 0 saturated heterocycles. The van der Waals surface area contributed by atoms with E-state index in [-0.39, 0.29) is 60.2 Å². The second-order valence-electron chi connectivity index (χ2n) is 17.8. The number of ether oxygens (including phenoxy) is 2. The van der Waals surface area contributed by atoms with E-state index < -0.39 is 23.2 Å². The highest BCUT2D eigenvalue weighted by Crippen LogP contribution is 2.28. The lowest BCUT2D eigenvalue weighted by molar-refractivity contribution is -0.123. The highest BCUT2D eigenvalue weighted by atomic mass is 35.5. The van der Waals surface area contributed by atoms with Gasteiger partial charge in [-0.25, -0.2) is 19.4 Å². The fourth-order valence-electron chi connectivity index (χ4n) is 8.41. The van der Waals surface area contributed by atoms with E-state index in [0.29, 0.717) is 56.0 Å². The molecule has 76 heavy (non-hydrogen) atoms. The number of nitrogens with one attached hydrogen (secondary N) is 2. The van der Waals surface area contributed by atoms with Crippen LogP contribution in [0.5, 0.6) is 23.0 Å². The Morgan fingerprint density at radius 2 is 1.18 bits per heavy atom. The first kappa shape index (κ1) is 53.5. The smallest absolute Gasteiger partial charge is 0.337 e. The van der Waals surface area contributed by atoms with E-state index >= 15 is 0 Å². The highest BCUT2D eigenvalue weighted by Gasteiger charge is 2.23. The van der Waals surface area contributed by atoms with Crippen molar-refractivity contribution in [1.82, 2.24) is 23.7 Å². The van der Waals surface area contributed by atoms with E-state index in [1.807, 2.05) is 24.3 Å². The number of carbonyl (C=O) groups is 3. The van der Waals surface area contributed by atoms with Crippen molar-refractivity contribution in [2.45, 2.75) is 65.1 Å². The Hall–Kier alpha value is -8.80. The van der Waals surface area contributed by atoms with Crippen LogP contribution in [0.4, 0.5) is 23.1 Å². The maximum absolute atomic E-state index is 13.6. The molecule has 0 aliphatic heterocycles. The van der Waals surface area contributed by atoms with Crippen molar-refractivity contribution in [2.24, 2.45) is 5.92 Å². The van der Waals surface area contributed by atoms with Gasteiger partial charge in [0.25, 0.3) is 11.1 Å². The Kier molecular flexibility index (Phi) is 17.6. The van der Waals surface area contributed by atoms with Crippen molar-refractivity contribution in [2.75, 3.05) is 10.6 Å². The summed E-state index contributed by atoms with van der Waals surface area (Å²) >= 11 is 12.0. The number of Topliss-reactive ketones (excluding diaryl/α,β-unsaturated/α-hetero) is 1. The summed E-state index contributed by atoms with van der Waals surface area (Å²) in [7, 11) is 0. The molecule has 1 fully saturated rings. The summed E-state index contributed by atoms with van der Waals surface area (Å²) in [6.07, 6.45) is 9.25. The third-order valence-electron chi connectivity index (χ3n) is 12.4. The number of ketones is 1. The number of hydrogen-bond donors (Lipinski definition) is 4. The zero-order valence-corrected chi connectivity index (χ0v) is 42.5. The summed E-state index contributed by atoms with van der Waals surface area (Å²) in [6.45, 7) is 2.48. The predicted molar refractivity (Wildman–Crippen MR) is 290 cm³/mol. The number of aromatic nitrogens is 5. The summed E-state index contributed by atoms with van der Waals surface area (Å²) in [5.74, 6) is 0.320. The zero-order chi connectivity index (χ0) is 53.7. The number of hydrogen-bond acceptors (Lipinski definition) is 12. The van der Waals surface area contributed by atoms with Gasteiger partial charge in [-0.1, -0.05) is 72.8 Å². The van der Waals surface area contributed by atoms with E-state index in [0.717, 1.165) is 47.8 Å². The summed E-state index contributed by atoms with van der Waals surface area (Å²) < 4.78 is 15.7. The van der Waals surface area contributed by atoms with Crippen molar-refractivity contribution < 1.29 is 34.1 Å². The van der Waals surface area contributed by atoms with E-state index in [1.54, 1.807) is 91.9 Å². The SMILES string of the molecule is CCn1c(=O)cc(Nc2ccc(Oc3cncc(C(=O)O)c3)cc2)n(Cc2ccc(Cl)cc2)c1=O.O=C(O)c1cccc(Oc2ccc(Nc3ncc(CC(=O)C4CCCCC4)c(=O)n3Cc3ccc(Cl)cc3)cc2)c1. The normalized spacial score (nSPS) is 12.2. The quantitative estimate of drug-likeness (QED) is 0.0627. The molecule has 3 heterocycles. The molecular formula is C57H51Cl2N7O10. The van der Waals surface area contributed by atoms with Gasteiger partial charge in [0.1, 0.15) is 34.6 Å². The van der Waals surface area contributed by atoms with Crippen molar-refractivity contribution >= 4 is 64.1 Å².